The molecule has 1 aliphatic carbocycles. The summed E-state index contributed by atoms with van der Waals surface area (Å²) in [7, 11) is 0. The summed E-state index contributed by atoms with van der Waals surface area (Å²) in [5.74, 6) is 0.665. The largest absolute Gasteiger partial charge is 0.300 e. The Morgan fingerprint density at radius 2 is 1.97 bits per heavy atom. The molecular formula is C29H28FN5O2. The lowest BCUT2D eigenvalue weighted by molar-refractivity contribution is -0.124. The highest BCUT2D eigenvalue weighted by Crippen LogP contribution is 2.38. The highest BCUT2D eigenvalue weighted by Gasteiger charge is 2.36. The second-order valence-electron chi connectivity index (χ2n) is 9.79. The third-order valence-corrected chi connectivity index (χ3v) is 7.31. The molecule has 188 valence electrons. The molecule has 0 N–H and O–H groups in total. The molecule has 1 aliphatic rings. The summed E-state index contributed by atoms with van der Waals surface area (Å²) in [6, 6.07) is 14.0. The van der Waals surface area contributed by atoms with Gasteiger partial charge in [-0.15, -0.1) is 0 Å². The number of rotatable bonds is 7. The van der Waals surface area contributed by atoms with Gasteiger partial charge in [-0.1, -0.05) is 43.7 Å². The van der Waals surface area contributed by atoms with Gasteiger partial charge in [0, 0.05) is 23.9 Å². The summed E-state index contributed by atoms with van der Waals surface area (Å²) < 4.78 is 18.8. The summed E-state index contributed by atoms with van der Waals surface area (Å²) in [4.78, 5) is 30.3. The van der Waals surface area contributed by atoms with Crippen LogP contribution in [0.2, 0.25) is 0 Å². The summed E-state index contributed by atoms with van der Waals surface area (Å²) in [5, 5.41) is 14.0. The monoisotopic (exact) mass is 497 g/mol. The summed E-state index contributed by atoms with van der Waals surface area (Å²) in [6.45, 7) is 5.39. The lowest BCUT2D eigenvalue weighted by atomic mass is 9.77. The number of carbonyl (C=O) groups excluding carboxylic acids is 1. The second-order valence-corrected chi connectivity index (χ2v) is 9.79. The molecule has 0 unspecified atom stereocenters. The molecule has 0 bridgehead atoms. The zero-order valence-electron chi connectivity index (χ0n) is 21.2. The topological polar surface area (TPSA) is 93.0 Å². The van der Waals surface area contributed by atoms with Gasteiger partial charge in [0.15, 0.2) is 0 Å². The van der Waals surface area contributed by atoms with Gasteiger partial charge in [0.25, 0.3) is 5.56 Å². The first-order valence-electron chi connectivity index (χ1n) is 12.6. The zero-order chi connectivity index (χ0) is 26.3. The van der Waals surface area contributed by atoms with Gasteiger partial charge < -0.3 is 0 Å². The van der Waals surface area contributed by atoms with Gasteiger partial charge in [-0.2, -0.15) is 15.3 Å². The van der Waals surface area contributed by atoms with Crippen molar-refractivity contribution in [2.75, 3.05) is 0 Å². The van der Waals surface area contributed by atoms with Crippen molar-refractivity contribution in [1.29, 1.82) is 5.26 Å². The fourth-order valence-electron chi connectivity index (χ4n) is 5.24. The molecule has 2 heterocycles. The minimum atomic E-state index is -0.436. The van der Waals surface area contributed by atoms with Crippen molar-refractivity contribution in [3.8, 4) is 17.2 Å². The second kappa shape index (κ2) is 9.74. The first-order valence-corrected chi connectivity index (χ1v) is 12.6. The van der Waals surface area contributed by atoms with E-state index < -0.39 is 5.82 Å². The van der Waals surface area contributed by atoms with Crippen LogP contribution in [0, 0.1) is 30.0 Å². The number of carbonyl (C=O) groups is 1. The molecule has 1 fully saturated rings. The molecule has 1 saturated carbocycles. The third-order valence-electron chi connectivity index (χ3n) is 7.31. The van der Waals surface area contributed by atoms with Gasteiger partial charge in [-0.3, -0.25) is 14.2 Å². The van der Waals surface area contributed by atoms with E-state index in [1.54, 1.807) is 53.3 Å². The normalized spacial score (nSPS) is 16.9. The van der Waals surface area contributed by atoms with Crippen LogP contribution in [-0.4, -0.2) is 24.9 Å². The van der Waals surface area contributed by atoms with Gasteiger partial charge in [0.05, 0.1) is 17.3 Å². The Morgan fingerprint density at radius 1 is 1.22 bits per heavy atom. The Labute approximate surface area is 214 Å². The SMILES string of the molecule is CCCc1c(Cc2ccc(-c3ccccc3C#N)cc2F)c(=O)n([C@H]2C[C@H](C(C)=O)C2)c2nc(C)nn12. The standard InChI is InChI=1S/C29H28FN5O2/c1-4-7-27-25(14-20-11-10-19(15-26(20)30)24-9-6-5-8-21(24)16-31)28(37)34(23-12-22(13-23)17(2)36)29-32-18(3)33-35(27)29/h5-6,8-11,15,22-23H,4,7,12-14H2,1-3H3/t22-,23-. The average molecular weight is 498 g/mol. The number of ketones is 1. The van der Waals surface area contributed by atoms with Crippen LogP contribution in [0.4, 0.5) is 4.39 Å². The molecule has 0 saturated heterocycles. The number of benzene rings is 2. The highest BCUT2D eigenvalue weighted by atomic mass is 19.1. The molecule has 0 atom stereocenters. The molecule has 0 amide bonds. The minimum absolute atomic E-state index is 0.0546. The molecule has 37 heavy (non-hydrogen) atoms. The Balaban J connectivity index is 1.60. The third kappa shape index (κ3) is 4.35. The number of hydrogen-bond donors (Lipinski definition) is 0. The first-order chi connectivity index (χ1) is 17.8. The molecule has 5 rings (SSSR count). The number of aromatic nitrogens is 4. The van der Waals surface area contributed by atoms with E-state index in [-0.39, 0.29) is 29.7 Å². The number of aryl methyl sites for hydroxylation is 2. The van der Waals surface area contributed by atoms with Crippen LogP contribution < -0.4 is 5.56 Å². The number of halogens is 1. The highest BCUT2D eigenvalue weighted by molar-refractivity contribution is 5.79. The lowest BCUT2D eigenvalue weighted by Crippen LogP contribution is -2.39. The Morgan fingerprint density at radius 3 is 2.65 bits per heavy atom. The molecule has 4 aromatic rings. The zero-order valence-corrected chi connectivity index (χ0v) is 21.2. The van der Waals surface area contributed by atoms with Crippen molar-refractivity contribution in [3.05, 3.63) is 86.8 Å². The lowest BCUT2D eigenvalue weighted by Gasteiger charge is -2.35. The van der Waals surface area contributed by atoms with Gasteiger partial charge in [-0.25, -0.2) is 8.91 Å². The Hall–Kier alpha value is -4.12. The van der Waals surface area contributed by atoms with E-state index in [4.69, 9.17) is 0 Å². The molecule has 0 aliphatic heterocycles. The van der Waals surface area contributed by atoms with Crippen LogP contribution in [-0.2, 0) is 17.6 Å². The van der Waals surface area contributed by atoms with E-state index in [1.165, 1.54) is 6.07 Å². The minimum Gasteiger partial charge on any atom is -0.300 e. The molecule has 7 nitrogen and oxygen atoms in total. The molecular weight excluding hydrogens is 469 g/mol. The van der Waals surface area contributed by atoms with Crippen LogP contribution >= 0.6 is 0 Å². The van der Waals surface area contributed by atoms with Crippen molar-refractivity contribution in [3.63, 3.8) is 0 Å². The van der Waals surface area contributed by atoms with Crippen LogP contribution in [0.5, 0.6) is 0 Å². The fraction of sp³-hybridized carbons (Fsp3) is 0.345. The van der Waals surface area contributed by atoms with Crippen LogP contribution in [0.15, 0.2) is 47.3 Å². The Bertz CT molecular complexity index is 1620. The molecule has 2 aromatic heterocycles. The number of hydrogen-bond acceptors (Lipinski definition) is 5. The average Bonchev–Trinajstić information content (AvgIpc) is 3.24. The number of nitriles is 1. The van der Waals surface area contributed by atoms with Gasteiger partial charge in [0.2, 0.25) is 5.78 Å². The predicted molar refractivity (Wildman–Crippen MR) is 138 cm³/mol. The van der Waals surface area contributed by atoms with Crippen molar-refractivity contribution in [2.24, 2.45) is 5.92 Å². The maximum atomic E-state index is 15.4. The number of fused-ring (bicyclic) bond motifs is 1. The Kier molecular flexibility index (Phi) is 6.46. The van der Waals surface area contributed by atoms with Crippen LogP contribution in [0.25, 0.3) is 16.9 Å². The van der Waals surface area contributed by atoms with Crippen molar-refractivity contribution < 1.29 is 9.18 Å². The van der Waals surface area contributed by atoms with Gasteiger partial charge >= 0.3 is 0 Å². The summed E-state index contributed by atoms with van der Waals surface area (Å²) >= 11 is 0. The van der Waals surface area contributed by atoms with Crippen molar-refractivity contribution in [1.82, 2.24) is 19.2 Å². The van der Waals surface area contributed by atoms with Gasteiger partial charge in [-0.05, 0) is 61.9 Å². The number of nitrogens with zero attached hydrogens (tertiary/aromatic N) is 5. The first kappa shape index (κ1) is 24.6. The fourth-order valence-corrected chi connectivity index (χ4v) is 5.24. The molecule has 0 spiro atoms. The smallest absolute Gasteiger partial charge is 0.259 e. The molecule has 2 aromatic carbocycles. The van der Waals surface area contributed by atoms with Crippen molar-refractivity contribution in [2.45, 2.75) is 58.9 Å². The summed E-state index contributed by atoms with van der Waals surface area (Å²) in [5.41, 5.74) is 3.17. The van der Waals surface area contributed by atoms with E-state index in [1.807, 2.05) is 13.0 Å². The van der Waals surface area contributed by atoms with E-state index in [0.29, 0.717) is 58.7 Å². The van der Waals surface area contributed by atoms with Crippen molar-refractivity contribution >= 4 is 11.6 Å². The molecule has 8 heteroatoms. The molecule has 0 radical (unpaired) electrons. The van der Waals surface area contributed by atoms with Crippen LogP contribution in [0.3, 0.4) is 0 Å². The maximum Gasteiger partial charge on any atom is 0.259 e. The van der Waals surface area contributed by atoms with E-state index in [2.05, 4.69) is 16.2 Å². The van der Waals surface area contributed by atoms with Gasteiger partial charge in [0.1, 0.15) is 17.4 Å². The van der Waals surface area contributed by atoms with E-state index >= 15 is 4.39 Å². The number of Topliss-reactive ketones (excluding diaryl/α,β-unsaturated/α-hetero) is 1. The predicted octanol–water partition coefficient (Wildman–Crippen LogP) is 4.96. The van der Waals surface area contributed by atoms with E-state index in [0.717, 1.165) is 12.1 Å². The van der Waals surface area contributed by atoms with E-state index in [9.17, 15) is 14.9 Å². The quantitative estimate of drug-likeness (QED) is 0.360. The summed E-state index contributed by atoms with van der Waals surface area (Å²) in [6.07, 6.45) is 2.67. The maximum absolute atomic E-state index is 15.4. The van der Waals surface area contributed by atoms with Crippen LogP contribution in [0.1, 0.15) is 67.4 Å².